The van der Waals surface area contributed by atoms with Gasteiger partial charge in [-0.1, -0.05) is 17.0 Å². The van der Waals surface area contributed by atoms with E-state index in [0.717, 1.165) is 14.7 Å². The van der Waals surface area contributed by atoms with Gasteiger partial charge in [-0.2, -0.15) is 0 Å². The lowest BCUT2D eigenvalue weighted by Gasteiger charge is -2.14. The van der Waals surface area contributed by atoms with Crippen molar-refractivity contribution < 1.29 is 22.4 Å². The van der Waals surface area contributed by atoms with Crippen molar-refractivity contribution in [2.45, 2.75) is 17.9 Å². The second-order valence-corrected chi connectivity index (χ2v) is 8.67. The summed E-state index contributed by atoms with van der Waals surface area (Å²) in [4.78, 5) is 18.6. The van der Waals surface area contributed by atoms with E-state index in [1.165, 1.54) is 44.4 Å². The van der Waals surface area contributed by atoms with Crippen molar-refractivity contribution >= 4 is 27.0 Å². The predicted octanol–water partition coefficient (Wildman–Crippen LogP) is 1.13. The molecule has 1 N–H and O–H groups in total. The number of nitrogens with one attached hydrogen (secondary N) is 1. The Morgan fingerprint density at radius 2 is 1.93 bits per heavy atom. The topological polar surface area (TPSA) is 106 Å². The Morgan fingerprint density at radius 1 is 1.24 bits per heavy atom. The number of carbonyl (C=O) groups excluding carboxylic acids is 1. The first-order valence-electron chi connectivity index (χ1n) is 8.64. The van der Waals surface area contributed by atoms with E-state index in [0.29, 0.717) is 11.0 Å². The quantitative estimate of drug-likeness (QED) is 0.613. The van der Waals surface area contributed by atoms with Crippen LogP contribution in [0.5, 0.6) is 0 Å². The molecule has 1 heterocycles. The van der Waals surface area contributed by atoms with Gasteiger partial charge in [-0.05, 0) is 48.0 Å². The number of carbonyl (C=O) groups is 1. The molecule has 29 heavy (non-hydrogen) atoms. The smallest absolute Gasteiger partial charge is 0.261 e. The molecular weight excluding hydrogens is 401 g/mol. The second-order valence-electron chi connectivity index (χ2n) is 6.51. The number of amides is 1. The molecule has 3 aromatic rings. The van der Waals surface area contributed by atoms with Crippen molar-refractivity contribution in [2.75, 3.05) is 20.7 Å². The standard InChI is InChI=1S/C18H20FN5O4S/c1-12(13-4-6-14(19)7-5-13)20-18(25)11-28-24-17-10-15(29(26,27)23(2)3)8-9-16(17)21-22-24/h4-10,12H,11H2,1-3H3,(H,20,25)/t12-/m1/s1. The van der Waals surface area contributed by atoms with Crippen LogP contribution in [0.25, 0.3) is 11.0 Å². The molecular formula is C18H20FN5O4S. The summed E-state index contributed by atoms with van der Waals surface area (Å²) < 4.78 is 38.7. The van der Waals surface area contributed by atoms with E-state index in [1.807, 2.05) is 0 Å². The van der Waals surface area contributed by atoms with E-state index in [2.05, 4.69) is 15.6 Å². The number of hydrogen-bond acceptors (Lipinski definition) is 6. The van der Waals surface area contributed by atoms with Crippen LogP contribution in [0.15, 0.2) is 47.4 Å². The van der Waals surface area contributed by atoms with Crippen molar-refractivity contribution in [1.82, 2.24) is 24.8 Å². The van der Waals surface area contributed by atoms with Crippen LogP contribution >= 0.6 is 0 Å². The van der Waals surface area contributed by atoms with E-state index in [9.17, 15) is 17.6 Å². The number of hydrogen-bond donors (Lipinski definition) is 1. The summed E-state index contributed by atoms with van der Waals surface area (Å²) in [5.74, 6) is -0.785. The van der Waals surface area contributed by atoms with Gasteiger partial charge in [0.2, 0.25) is 10.0 Å². The first-order valence-corrected chi connectivity index (χ1v) is 10.1. The Balaban J connectivity index is 1.70. The van der Waals surface area contributed by atoms with Gasteiger partial charge in [-0.25, -0.2) is 17.1 Å². The molecule has 1 aromatic heterocycles. The summed E-state index contributed by atoms with van der Waals surface area (Å²) >= 11 is 0. The maximum Gasteiger partial charge on any atom is 0.261 e. The Kier molecular flexibility index (Phi) is 5.80. The highest BCUT2D eigenvalue weighted by molar-refractivity contribution is 7.89. The van der Waals surface area contributed by atoms with Crippen molar-refractivity contribution in [3.8, 4) is 0 Å². The van der Waals surface area contributed by atoms with Gasteiger partial charge in [0.1, 0.15) is 16.9 Å². The minimum absolute atomic E-state index is 0.0523. The Hall–Kier alpha value is -3.05. The van der Waals surface area contributed by atoms with Crippen LogP contribution in [0.4, 0.5) is 4.39 Å². The third-order valence-corrected chi connectivity index (χ3v) is 6.04. The third kappa shape index (κ3) is 4.51. The van der Waals surface area contributed by atoms with Gasteiger partial charge < -0.3 is 10.2 Å². The van der Waals surface area contributed by atoms with Gasteiger partial charge in [0, 0.05) is 14.1 Å². The van der Waals surface area contributed by atoms with Crippen LogP contribution < -0.4 is 10.2 Å². The Morgan fingerprint density at radius 3 is 2.59 bits per heavy atom. The molecule has 1 amide bonds. The molecule has 0 radical (unpaired) electrons. The van der Waals surface area contributed by atoms with E-state index >= 15 is 0 Å². The van der Waals surface area contributed by atoms with Crippen LogP contribution in [0.2, 0.25) is 0 Å². The number of fused-ring (bicyclic) bond motifs is 1. The van der Waals surface area contributed by atoms with Crippen LogP contribution in [0, 0.1) is 5.82 Å². The van der Waals surface area contributed by atoms with Gasteiger partial charge in [-0.15, -0.1) is 5.10 Å². The SMILES string of the molecule is C[C@@H](NC(=O)COn1nnc2ccc(S(=O)(=O)N(C)C)cc21)c1ccc(F)cc1. The maximum atomic E-state index is 13.0. The molecule has 0 aliphatic rings. The van der Waals surface area contributed by atoms with Crippen molar-refractivity contribution in [3.63, 3.8) is 0 Å². The number of sulfonamides is 1. The first kappa shape index (κ1) is 20.7. The van der Waals surface area contributed by atoms with E-state index < -0.39 is 15.9 Å². The molecule has 3 rings (SSSR count). The van der Waals surface area contributed by atoms with Crippen molar-refractivity contribution in [1.29, 1.82) is 0 Å². The highest BCUT2D eigenvalue weighted by atomic mass is 32.2. The Labute approximate surface area is 167 Å². The normalized spacial score (nSPS) is 12.9. The molecule has 0 unspecified atom stereocenters. The summed E-state index contributed by atoms with van der Waals surface area (Å²) in [6.07, 6.45) is 0. The zero-order valence-corrected chi connectivity index (χ0v) is 16.9. The third-order valence-electron chi connectivity index (χ3n) is 4.23. The minimum Gasteiger partial charge on any atom is -0.385 e. The molecule has 0 saturated carbocycles. The summed E-state index contributed by atoms with van der Waals surface area (Å²) in [7, 11) is -0.783. The molecule has 154 valence electrons. The highest BCUT2D eigenvalue weighted by Crippen LogP contribution is 2.19. The molecule has 0 spiro atoms. The summed E-state index contributed by atoms with van der Waals surface area (Å²) in [5, 5.41) is 10.4. The van der Waals surface area contributed by atoms with Gasteiger partial charge in [0.15, 0.2) is 6.61 Å². The fraction of sp³-hybridized carbons (Fsp3) is 0.278. The van der Waals surface area contributed by atoms with E-state index in [4.69, 9.17) is 4.84 Å². The molecule has 0 aliphatic heterocycles. The van der Waals surface area contributed by atoms with Crippen LogP contribution in [-0.2, 0) is 14.8 Å². The number of benzene rings is 2. The molecule has 0 fully saturated rings. The minimum atomic E-state index is -3.64. The monoisotopic (exact) mass is 421 g/mol. The zero-order chi connectivity index (χ0) is 21.2. The maximum absolute atomic E-state index is 13.0. The lowest BCUT2D eigenvalue weighted by molar-refractivity contribution is -0.127. The lowest BCUT2D eigenvalue weighted by atomic mass is 10.1. The first-order chi connectivity index (χ1) is 13.7. The molecule has 0 bridgehead atoms. The van der Waals surface area contributed by atoms with E-state index in [-0.39, 0.29) is 23.4 Å². The lowest BCUT2D eigenvalue weighted by Crippen LogP contribution is -2.33. The van der Waals surface area contributed by atoms with Gasteiger partial charge in [0.25, 0.3) is 5.91 Å². The average molecular weight is 421 g/mol. The molecule has 2 aromatic carbocycles. The molecule has 1 atom stereocenters. The molecule has 9 nitrogen and oxygen atoms in total. The second kappa shape index (κ2) is 8.13. The number of rotatable bonds is 7. The van der Waals surface area contributed by atoms with Crippen LogP contribution in [0.1, 0.15) is 18.5 Å². The fourth-order valence-electron chi connectivity index (χ4n) is 2.58. The van der Waals surface area contributed by atoms with Gasteiger partial charge in [-0.3, -0.25) is 4.79 Å². The van der Waals surface area contributed by atoms with Crippen LogP contribution in [-0.4, -0.2) is 54.5 Å². The van der Waals surface area contributed by atoms with Crippen LogP contribution in [0.3, 0.4) is 0 Å². The van der Waals surface area contributed by atoms with E-state index in [1.54, 1.807) is 19.1 Å². The fourth-order valence-corrected chi connectivity index (χ4v) is 3.50. The largest absolute Gasteiger partial charge is 0.385 e. The van der Waals surface area contributed by atoms with Crippen molar-refractivity contribution in [3.05, 3.63) is 53.8 Å². The highest BCUT2D eigenvalue weighted by Gasteiger charge is 2.19. The van der Waals surface area contributed by atoms with Crippen molar-refractivity contribution in [2.24, 2.45) is 0 Å². The molecule has 11 heteroatoms. The number of nitrogens with zero attached hydrogens (tertiary/aromatic N) is 4. The van der Waals surface area contributed by atoms with Gasteiger partial charge in [0.05, 0.1) is 10.9 Å². The molecule has 0 saturated heterocycles. The van der Waals surface area contributed by atoms with Gasteiger partial charge >= 0.3 is 0 Å². The summed E-state index contributed by atoms with van der Waals surface area (Å²) in [5.41, 5.74) is 1.47. The summed E-state index contributed by atoms with van der Waals surface area (Å²) in [6, 6.07) is 9.76. The summed E-state index contributed by atoms with van der Waals surface area (Å²) in [6.45, 7) is 1.39. The zero-order valence-electron chi connectivity index (χ0n) is 16.0. The number of halogens is 1. The number of aromatic nitrogens is 3. The molecule has 0 aliphatic carbocycles. The Bertz CT molecular complexity index is 1130. The predicted molar refractivity (Wildman–Crippen MR) is 103 cm³/mol. The average Bonchev–Trinajstić information content (AvgIpc) is 3.09.